The van der Waals surface area contributed by atoms with Crippen LogP contribution in [-0.4, -0.2) is 15.9 Å². The Morgan fingerprint density at radius 3 is 3.10 bits per heavy atom. The van der Waals surface area contributed by atoms with E-state index < -0.39 is 0 Å². The lowest BCUT2D eigenvalue weighted by Crippen LogP contribution is -2.06. The van der Waals surface area contributed by atoms with E-state index in [1.165, 1.54) is 23.5 Å². The van der Waals surface area contributed by atoms with E-state index in [1.54, 1.807) is 6.07 Å². The summed E-state index contributed by atoms with van der Waals surface area (Å²) < 4.78 is 21.1. The first kappa shape index (κ1) is 13.1. The Kier molecular flexibility index (Phi) is 3.42. The van der Waals surface area contributed by atoms with Crippen LogP contribution in [0.4, 0.5) is 4.39 Å². The van der Waals surface area contributed by atoms with Crippen molar-refractivity contribution in [2.45, 2.75) is 13.3 Å². The quantitative estimate of drug-likeness (QED) is 0.803. The Morgan fingerprint density at radius 2 is 2.30 bits per heavy atom. The smallest absolute Gasteiger partial charge is 0.242 e. The van der Waals surface area contributed by atoms with Crippen molar-refractivity contribution in [3.05, 3.63) is 46.9 Å². The van der Waals surface area contributed by atoms with Gasteiger partial charge in [-0.25, -0.2) is 4.39 Å². The van der Waals surface area contributed by atoms with Crippen molar-refractivity contribution in [1.29, 1.82) is 0 Å². The predicted molar refractivity (Wildman–Crippen MR) is 77.0 cm³/mol. The van der Waals surface area contributed by atoms with Gasteiger partial charge in [0.2, 0.25) is 5.88 Å². The largest absolute Gasteiger partial charge is 0.437 e. The van der Waals surface area contributed by atoms with Crippen molar-refractivity contribution in [3.63, 3.8) is 0 Å². The molecule has 0 saturated carbocycles. The number of nitrogens with zero attached hydrogens (tertiary/aromatic N) is 2. The van der Waals surface area contributed by atoms with E-state index in [2.05, 4.69) is 4.98 Å². The maximum atomic E-state index is 13.3. The van der Waals surface area contributed by atoms with Crippen molar-refractivity contribution >= 4 is 16.3 Å². The molecule has 0 saturated heterocycles. The average Bonchev–Trinajstić information content (AvgIpc) is 2.98. The van der Waals surface area contributed by atoms with E-state index >= 15 is 0 Å². The van der Waals surface area contributed by atoms with Crippen LogP contribution in [0.2, 0.25) is 0 Å². The van der Waals surface area contributed by atoms with Gasteiger partial charge in [0, 0.05) is 24.1 Å². The number of hydrogen-bond acceptors (Lipinski definition) is 4. The number of nitrogens with two attached hydrogens (primary N) is 1. The Balaban J connectivity index is 2.03. The minimum Gasteiger partial charge on any atom is -0.437 e. The molecule has 2 aromatic heterocycles. The van der Waals surface area contributed by atoms with Crippen LogP contribution in [0.1, 0.15) is 11.3 Å². The summed E-state index contributed by atoms with van der Waals surface area (Å²) in [6.45, 7) is 2.37. The van der Waals surface area contributed by atoms with E-state index in [1.807, 2.05) is 22.9 Å². The van der Waals surface area contributed by atoms with Gasteiger partial charge < -0.3 is 10.5 Å². The highest BCUT2D eigenvalue weighted by Gasteiger charge is 2.15. The number of ether oxygens (including phenoxy) is 1. The Labute approximate surface area is 119 Å². The number of hydrogen-bond donors (Lipinski definition) is 1. The zero-order valence-electron chi connectivity index (χ0n) is 11.0. The maximum Gasteiger partial charge on any atom is 0.242 e. The first-order valence-electron chi connectivity index (χ1n) is 6.27. The van der Waals surface area contributed by atoms with Crippen LogP contribution in [0.5, 0.6) is 11.6 Å². The fourth-order valence-corrected chi connectivity index (χ4v) is 2.77. The highest BCUT2D eigenvalue weighted by Crippen LogP contribution is 2.30. The molecule has 0 unspecified atom stereocenters. The maximum absolute atomic E-state index is 13.3. The van der Waals surface area contributed by atoms with E-state index in [-0.39, 0.29) is 5.82 Å². The number of aromatic nitrogens is 2. The van der Waals surface area contributed by atoms with Crippen LogP contribution in [0.15, 0.2) is 29.8 Å². The summed E-state index contributed by atoms with van der Waals surface area (Å²) in [6.07, 6.45) is 2.59. The van der Waals surface area contributed by atoms with Crippen molar-refractivity contribution in [3.8, 4) is 11.6 Å². The normalized spacial score (nSPS) is 11.2. The molecule has 3 aromatic rings. The Hall–Kier alpha value is -1.92. The number of thiazole rings is 1. The standard InChI is InChI=1S/C14H14FN3OS/c1-9-2-3-10(15)8-12(9)19-13-11(4-5-16)18-6-7-20-14(18)17-13/h2-3,6-8H,4-5,16H2,1H3. The topological polar surface area (TPSA) is 52.5 Å². The molecule has 0 radical (unpaired) electrons. The molecular formula is C14H14FN3OS. The van der Waals surface area contributed by atoms with Crippen molar-refractivity contribution in [2.24, 2.45) is 5.73 Å². The lowest BCUT2D eigenvalue weighted by atomic mass is 10.2. The number of imidazole rings is 1. The third-order valence-electron chi connectivity index (χ3n) is 3.06. The van der Waals surface area contributed by atoms with Crippen molar-refractivity contribution in [1.82, 2.24) is 9.38 Å². The molecule has 0 atom stereocenters. The van der Waals surface area contributed by atoms with Crippen LogP contribution in [-0.2, 0) is 6.42 Å². The van der Waals surface area contributed by atoms with E-state index in [0.717, 1.165) is 16.2 Å². The first-order chi connectivity index (χ1) is 9.69. The summed E-state index contributed by atoms with van der Waals surface area (Å²) in [5, 5.41) is 1.96. The minimum absolute atomic E-state index is 0.327. The fraction of sp³-hybridized carbons (Fsp3) is 0.214. The number of aryl methyl sites for hydroxylation is 1. The van der Waals surface area contributed by atoms with Gasteiger partial charge in [-0.1, -0.05) is 6.07 Å². The van der Waals surface area contributed by atoms with Gasteiger partial charge in [0.05, 0.1) is 5.69 Å². The van der Waals surface area contributed by atoms with Gasteiger partial charge in [-0.3, -0.25) is 4.40 Å². The average molecular weight is 291 g/mol. The molecule has 0 aliphatic rings. The van der Waals surface area contributed by atoms with E-state index in [4.69, 9.17) is 10.5 Å². The molecule has 0 aliphatic heterocycles. The predicted octanol–water partition coefficient (Wildman–Crippen LogP) is 3.14. The second kappa shape index (κ2) is 5.22. The first-order valence-corrected chi connectivity index (χ1v) is 7.15. The molecule has 2 heterocycles. The summed E-state index contributed by atoms with van der Waals surface area (Å²) in [5.41, 5.74) is 7.41. The lowest BCUT2D eigenvalue weighted by Gasteiger charge is -2.08. The fourth-order valence-electron chi connectivity index (χ4n) is 2.05. The zero-order chi connectivity index (χ0) is 14.1. The molecule has 0 spiro atoms. The van der Waals surface area contributed by atoms with Gasteiger partial charge in [0.25, 0.3) is 0 Å². The second-order valence-electron chi connectivity index (χ2n) is 4.47. The number of rotatable bonds is 4. The SMILES string of the molecule is Cc1ccc(F)cc1Oc1nc2sccn2c1CCN. The molecule has 0 aliphatic carbocycles. The molecule has 20 heavy (non-hydrogen) atoms. The molecule has 1 aromatic carbocycles. The van der Waals surface area contributed by atoms with Gasteiger partial charge in [0.1, 0.15) is 11.6 Å². The molecule has 0 bridgehead atoms. The van der Waals surface area contributed by atoms with Gasteiger partial charge in [-0.15, -0.1) is 11.3 Å². The van der Waals surface area contributed by atoms with Gasteiger partial charge in [0.15, 0.2) is 4.96 Å². The molecule has 2 N–H and O–H groups in total. The molecular weight excluding hydrogens is 277 g/mol. The molecule has 104 valence electrons. The van der Waals surface area contributed by atoms with Crippen LogP contribution in [0.3, 0.4) is 0 Å². The monoisotopic (exact) mass is 291 g/mol. The number of halogens is 1. The van der Waals surface area contributed by atoms with Crippen LogP contribution >= 0.6 is 11.3 Å². The molecule has 4 nitrogen and oxygen atoms in total. The van der Waals surface area contributed by atoms with Crippen LogP contribution in [0, 0.1) is 12.7 Å². The van der Waals surface area contributed by atoms with Gasteiger partial charge in [-0.2, -0.15) is 4.98 Å². The number of fused-ring (bicyclic) bond motifs is 1. The van der Waals surface area contributed by atoms with Gasteiger partial charge in [-0.05, 0) is 25.1 Å². The van der Waals surface area contributed by atoms with E-state index in [9.17, 15) is 4.39 Å². The molecule has 0 amide bonds. The summed E-state index contributed by atoms with van der Waals surface area (Å²) in [5.74, 6) is 0.650. The summed E-state index contributed by atoms with van der Waals surface area (Å²) in [6, 6.07) is 4.47. The molecule has 3 rings (SSSR count). The Morgan fingerprint density at radius 1 is 1.45 bits per heavy atom. The summed E-state index contributed by atoms with van der Waals surface area (Å²) in [4.78, 5) is 5.28. The third-order valence-corrected chi connectivity index (χ3v) is 3.82. The summed E-state index contributed by atoms with van der Waals surface area (Å²) >= 11 is 1.52. The molecule has 6 heteroatoms. The Bertz CT molecular complexity index is 750. The number of benzene rings is 1. The van der Waals surface area contributed by atoms with Gasteiger partial charge >= 0.3 is 0 Å². The molecule has 0 fully saturated rings. The minimum atomic E-state index is -0.327. The highest BCUT2D eigenvalue weighted by molar-refractivity contribution is 7.15. The second-order valence-corrected chi connectivity index (χ2v) is 5.34. The van der Waals surface area contributed by atoms with Crippen LogP contribution < -0.4 is 10.5 Å². The van der Waals surface area contributed by atoms with Crippen molar-refractivity contribution in [2.75, 3.05) is 6.54 Å². The van der Waals surface area contributed by atoms with E-state index in [0.29, 0.717) is 24.6 Å². The lowest BCUT2D eigenvalue weighted by molar-refractivity contribution is 0.451. The highest BCUT2D eigenvalue weighted by atomic mass is 32.1. The third kappa shape index (κ3) is 2.28. The summed E-state index contributed by atoms with van der Waals surface area (Å²) in [7, 11) is 0. The zero-order valence-corrected chi connectivity index (χ0v) is 11.8. The van der Waals surface area contributed by atoms with Crippen molar-refractivity contribution < 1.29 is 9.13 Å². The van der Waals surface area contributed by atoms with Crippen LogP contribution in [0.25, 0.3) is 4.96 Å².